The molecule has 6 nitrogen and oxygen atoms in total. The SMILES string of the molecule is N#Cc1cc(OCC2CCCC2CN)ccc1[N+](=O)[O-]. The van der Waals surface area contributed by atoms with Crippen LogP contribution in [0.2, 0.25) is 0 Å². The first kappa shape index (κ1) is 14.3. The number of hydrogen-bond acceptors (Lipinski definition) is 5. The highest BCUT2D eigenvalue weighted by Gasteiger charge is 2.26. The molecule has 0 amide bonds. The van der Waals surface area contributed by atoms with Gasteiger partial charge < -0.3 is 10.5 Å². The number of nitrogens with two attached hydrogens (primary N) is 1. The second-order valence-electron chi connectivity index (χ2n) is 5.05. The molecule has 0 aliphatic heterocycles. The first-order chi connectivity index (χ1) is 9.65. The Labute approximate surface area is 117 Å². The Balaban J connectivity index is 2.03. The Bertz CT molecular complexity index is 539. The molecule has 2 unspecified atom stereocenters. The van der Waals surface area contributed by atoms with E-state index in [1.54, 1.807) is 0 Å². The number of rotatable bonds is 5. The minimum Gasteiger partial charge on any atom is -0.493 e. The van der Waals surface area contributed by atoms with Gasteiger partial charge in [0, 0.05) is 12.1 Å². The Hall–Kier alpha value is -2.13. The van der Waals surface area contributed by atoms with Crippen LogP contribution in [0.15, 0.2) is 18.2 Å². The Morgan fingerprint density at radius 1 is 1.45 bits per heavy atom. The highest BCUT2D eigenvalue weighted by Crippen LogP contribution is 2.32. The highest BCUT2D eigenvalue weighted by atomic mass is 16.6. The van der Waals surface area contributed by atoms with E-state index in [1.165, 1.54) is 24.6 Å². The van der Waals surface area contributed by atoms with Gasteiger partial charge in [0.05, 0.1) is 11.5 Å². The summed E-state index contributed by atoms with van der Waals surface area (Å²) < 4.78 is 5.67. The molecular formula is C14H17N3O3. The number of nitro groups is 1. The molecular weight excluding hydrogens is 258 g/mol. The molecule has 0 saturated heterocycles. The van der Waals surface area contributed by atoms with Crippen molar-refractivity contribution in [3.8, 4) is 11.8 Å². The zero-order chi connectivity index (χ0) is 14.5. The molecule has 0 bridgehead atoms. The summed E-state index contributed by atoms with van der Waals surface area (Å²) in [5.74, 6) is 1.42. The van der Waals surface area contributed by atoms with Crippen LogP contribution in [0.1, 0.15) is 24.8 Å². The second-order valence-corrected chi connectivity index (χ2v) is 5.05. The quantitative estimate of drug-likeness (QED) is 0.655. The van der Waals surface area contributed by atoms with Crippen LogP contribution < -0.4 is 10.5 Å². The molecule has 2 atom stereocenters. The number of nitrogens with zero attached hydrogens (tertiary/aromatic N) is 2. The van der Waals surface area contributed by atoms with E-state index in [0.29, 0.717) is 30.7 Å². The maximum atomic E-state index is 10.7. The predicted molar refractivity (Wildman–Crippen MR) is 73.2 cm³/mol. The lowest BCUT2D eigenvalue weighted by Gasteiger charge is -2.18. The van der Waals surface area contributed by atoms with Crippen molar-refractivity contribution in [2.24, 2.45) is 17.6 Å². The highest BCUT2D eigenvalue weighted by molar-refractivity contribution is 5.52. The maximum Gasteiger partial charge on any atom is 0.287 e. The van der Waals surface area contributed by atoms with E-state index >= 15 is 0 Å². The molecule has 106 valence electrons. The van der Waals surface area contributed by atoms with Crippen LogP contribution in [-0.4, -0.2) is 18.1 Å². The molecule has 0 aromatic heterocycles. The van der Waals surface area contributed by atoms with E-state index < -0.39 is 4.92 Å². The number of ether oxygens (including phenoxy) is 1. The van der Waals surface area contributed by atoms with Crippen molar-refractivity contribution in [1.29, 1.82) is 5.26 Å². The van der Waals surface area contributed by atoms with Crippen LogP contribution in [0.25, 0.3) is 0 Å². The van der Waals surface area contributed by atoms with Crippen molar-refractivity contribution < 1.29 is 9.66 Å². The first-order valence-electron chi connectivity index (χ1n) is 6.67. The van der Waals surface area contributed by atoms with Crippen molar-refractivity contribution in [1.82, 2.24) is 0 Å². The molecule has 1 aromatic carbocycles. The predicted octanol–water partition coefficient (Wildman–Crippen LogP) is 2.22. The topological polar surface area (TPSA) is 102 Å². The largest absolute Gasteiger partial charge is 0.493 e. The van der Waals surface area contributed by atoms with Gasteiger partial charge in [-0.05, 0) is 37.3 Å². The van der Waals surface area contributed by atoms with Crippen LogP contribution in [0.4, 0.5) is 5.69 Å². The Kier molecular flexibility index (Phi) is 4.53. The minimum absolute atomic E-state index is 0.0225. The van der Waals surface area contributed by atoms with Crippen LogP contribution in [-0.2, 0) is 0 Å². The van der Waals surface area contributed by atoms with Gasteiger partial charge in [-0.3, -0.25) is 10.1 Å². The van der Waals surface area contributed by atoms with Gasteiger partial charge in [-0.2, -0.15) is 5.26 Å². The van der Waals surface area contributed by atoms with Crippen LogP contribution in [0.3, 0.4) is 0 Å². The van der Waals surface area contributed by atoms with E-state index in [-0.39, 0.29) is 11.3 Å². The fourth-order valence-electron chi connectivity index (χ4n) is 2.70. The lowest BCUT2D eigenvalue weighted by molar-refractivity contribution is -0.385. The number of benzene rings is 1. The van der Waals surface area contributed by atoms with Gasteiger partial charge >= 0.3 is 0 Å². The van der Waals surface area contributed by atoms with Crippen molar-refractivity contribution >= 4 is 5.69 Å². The molecule has 20 heavy (non-hydrogen) atoms. The third kappa shape index (κ3) is 3.06. The monoisotopic (exact) mass is 275 g/mol. The molecule has 1 saturated carbocycles. The van der Waals surface area contributed by atoms with Crippen molar-refractivity contribution in [3.05, 3.63) is 33.9 Å². The fraction of sp³-hybridized carbons (Fsp3) is 0.500. The second kappa shape index (κ2) is 6.35. The Morgan fingerprint density at radius 2 is 2.20 bits per heavy atom. The van der Waals surface area contributed by atoms with E-state index in [0.717, 1.165) is 12.8 Å². The Morgan fingerprint density at radius 3 is 2.85 bits per heavy atom. The molecule has 1 aliphatic rings. The maximum absolute atomic E-state index is 10.7. The average molecular weight is 275 g/mol. The molecule has 0 spiro atoms. The molecule has 2 rings (SSSR count). The van der Waals surface area contributed by atoms with Gasteiger partial charge in [0.1, 0.15) is 17.4 Å². The molecule has 2 N–H and O–H groups in total. The van der Waals surface area contributed by atoms with Crippen molar-refractivity contribution in [3.63, 3.8) is 0 Å². The zero-order valence-electron chi connectivity index (χ0n) is 11.1. The molecule has 0 radical (unpaired) electrons. The van der Waals surface area contributed by atoms with Gasteiger partial charge in [-0.25, -0.2) is 0 Å². The number of nitro benzene ring substituents is 1. The molecule has 6 heteroatoms. The summed E-state index contributed by atoms with van der Waals surface area (Å²) >= 11 is 0. The van der Waals surface area contributed by atoms with Crippen molar-refractivity contribution in [2.45, 2.75) is 19.3 Å². The van der Waals surface area contributed by atoms with Gasteiger partial charge in [-0.15, -0.1) is 0 Å². The summed E-state index contributed by atoms with van der Waals surface area (Å²) in [6.07, 6.45) is 3.40. The van der Waals surface area contributed by atoms with Gasteiger partial charge in [0.25, 0.3) is 5.69 Å². The van der Waals surface area contributed by atoms with Crippen LogP contribution in [0.5, 0.6) is 5.75 Å². The number of nitriles is 1. The van der Waals surface area contributed by atoms with Gasteiger partial charge in [-0.1, -0.05) is 6.42 Å². The normalized spacial score (nSPS) is 21.4. The molecule has 0 heterocycles. The van der Waals surface area contributed by atoms with E-state index in [1.807, 2.05) is 6.07 Å². The lowest BCUT2D eigenvalue weighted by Crippen LogP contribution is -2.23. The third-order valence-electron chi connectivity index (χ3n) is 3.87. The van der Waals surface area contributed by atoms with Crippen LogP contribution in [0, 0.1) is 33.3 Å². The third-order valence-corrected chi connectivity index (χ3v) is 3.87. The summed E-state index contributed by atoms with van der Waals surface area (Å²) in [6.45, 7) is 1.21. The standard InChI is InChI=1S/C14H17N3O3/c15-7-10-2-1-3-11(10)9-20-13-4-5-14(17(18)19)12(6-13)8-16/h4-6,10-11H,1-3,7,9,15H2. The summed E-state index contributed by atoms with van der Waals surface area (Å²) in [7, 11) is 0. The van der Waals surface area contributed by atoms with Gasteiger partial charge in [0.15, 0.2) is 0 Å². The summed E-state index contributed by atoms with van der Waals surface area (Å²) in [6, 6.07) is 6.09. The zero-order valence-corrected chi connectivity index (χ0v) is 11.1. The summed E-state index contributed by atoms with van der Waals surface area (Å²) in [5, 5.41) is 19.7. The van der Waals surface area contributed by atoms with Crippen molar-refractivity contribution in [2.75, 3.05) is 13.2 Å². The number of hydrogen-bond donors (Lipinski definition) is 1. The fourth-order valence-corrected chi connectivity index (χ4v) is 2.70. The van der Waals surface area contributed by atoms with Crippen LogP contribution >= 0.6 is 0 Å². The smallest absolute Gasteiger partial charge is 0.287 e. The van der Waals surface area contributed by atoms with E-state index in [9.17, 15) is 10.1 Å². The summed E-state index contributed by atoms with van der Waals surface area (Å²) in [4.78, 5) is 10.2. The molecule has 1 aromatic rings. The minimum atomic E-state index is -0.566. The molecule has 1 fully saturated rings. The lowest BCUT2D eigenvalue weighted by atomic mass is 9.97. The molecule has 1 aliphatic carbocycles. The average Bonchev–Trinajstić information content (AvgIpc) is 2.92. The van der Waals surface area contributed by atoms with E-state index in [4.69, 9.17) is 15.7 Å². The van der Waals surface area contributed by atoms with E-state index in [2.05, 4.69) is 0 Å². The summed E-state index contributed by atoms with van der Waals surface area (Å²) in [5.41, 5.74) is 5.55. The first-order valence-corrected chi connectivity index (χ1v) is 6.67. The van der Waals surface area contributed by atoms with Gasteiger partial charge in [0.2, 0.25) is 0 Å².